The Morgan fingerprint density at radius 1 is 1.56 bits per heavy atom. The van der Waals surface area contributed by atoms with Gasteiger partial charge in [-0.3, -0.25) is 4.79 Å². The summed E-state index contributed by atoms with van der Waals surface area (Å²) in [5, 5.41) is 8.92. The number of allylic oxidation sites excluding steroid dienone is 1. The third-order valence-electron chi connectivity index (χ3n) is 2.38. The Balaban J connectivity index is 4.62. The lowest BCUT2D eigenvalue weighted by molar-refractivity contribution is -0.140. The van der Waals surface area contributed by atoms with Gasteiger partial charge < -0.3 is 5.11 Å². The fourth-order valence-corrected chi connectivity index (χ4v) is 2.45. The molecule has 0 bridgehead atoms. The lowest BCUT2D eigenvalue weighted by Gasteiger charge is -2.19. The van der Waals surface area contributed by atoms with Crippen LogP contribution in [0.15, 0.2) is 12.7 Å². The molecule has 0 aromatic carbocycles. The van der Waals surface area contributed by atoms with Crippen LogP contribution in [0.25, 0.3) is 0 Å². The number of nitrogens with one attached hydrogen (secondary N) is 1. The molecule has 0 rings (SSSR count). The highest BCUT2D eigenvalue weighted by molar-refractivity contribution is 7.89. The van der Waals surface area contributed by atoms with Crippen molar-refractivity contribution >= 4 is 16.0 Å². The number of carbonyl (C=O) groups is 1. The third-order valence-corrected chi connectivity index (χ3v) is 3.76. The standard InChI is InChI=1S/C10H19NO4S/c1-4-6-7-16(14,15)11-9(10(12)13)8(3)5-2/h4,8-9,11H,1,5-7H2,2-3H3,(H,12,13)/t8-,9-/m0/s1. The second-order valence-corrected chi connectivity index (χ2v) is 5.59. The van der Waals surface area contributed by atoms with Crippen molar-refractivity contribution in [3.63, 3.8) is 0 Å². The number of carboxylic acid groups (broad SMARTS) is 1. The van der Waals surface area contributed by atoms with Crippen LogP contribution >= 0.6 is 0 Å². The monoisotopic (exact) mass is 249 g/mol. The molecule has 2 atom stereocenters. The molecule has 0 aliphatic rings. The zero-order chi connectivity index (χ0) is 12.8. The van der Waals surface area contributed by atoms with Crippen molar-refractivity contribution in [1.29, 1.82) is 0 Å². The smallest absolute Gasteiger partial charge is 0.322 e. The minimum absolute atomic E-state index is 0.128. The summed E-state index contributed by atoms with van der Waals surface area (Å²) in [5.41, 5.74) is 0. The molecule has 0 spiro atoms. The molecule has 0 saturated carbocycles. The average Bonchev–Trinajstić information content (AvgIpc) is 2.22. The number of aliphatic carboxylic acids is 1. The molecule has 6 heteroatoms. The van der Waals surface area contributed by atoms with Crippen LogP contribution in [0.3, 0.4) is 0 Å². The maximum absolute atomic E-state index is 11.5. The first-order valence-corrected chi connectivity index (χ1v) is 6.83. The van der Waals surface area contributed by atoms with Gasteiger partial charge in [0.2, 0.25) is 10.0 Å². The van der Waals surface area contributed by atoms with Crippen molar-refractivity contribution in [1.82, 2.24) is 4.72 Å². The summed E-state index contributed by atoms with van der Waals surface area (Å²) in [5.74, 6) is -1.51. The molecule has 0 aliphatic heterocycles. The highest BCUT2D eigenvalue weighted by Crippen LogP contribution is 2.09. The van der Waals surface area contributed by atoms with Gasteiger partial charge in [-0.2, -0.15) is 0 Å². The Kier molecular flexibility index (Phi) is 6.28. The van der Waals surface area contributed by atoms with Crippen LogP contribution in [-0.4, -0.2) is 31.3 Å². The SMILES string of the molecule is C=CCCS(=O)(=O)N[C@H](C(=O)O)[C@@H](C)CC. The van der Waals surface area contributed by atoms with E-state index in [0.29, 0.717) is 12.8 Å². The average molecular weight is 249 g/mol. The fourth-order valence-electron chi connectivity index (χ4n) is 1.14. The van der Waals surface area contributed by atoms with Gasteiger partial charge in [0.25, 0.3) is 0 Å². The molecule has 16 heavy (non-hydrogen) atoms. The molecular formula is C10H19NO4S. The predicted octanol–water partition coefficient (Wildman–Crippen LogP) is 0.981. The van der Waals surface area contributed by atoms with Gasteiger partial charge >= 0.3 is 5.97 Å². The Labute approximate surface area is 96.6 Å². The van der Waals surface area contributed by atoms with Crippen LogP contribution in [0.4, 0.5) is 0 Å². The van der Waals surface area contributed by atoms with Crippen molar-refractivity contribution in [3.05, 3.63) is 12.7 Å². The quantitative estimate of drug-likeness (QED) is 0.628. The van der Waals surface area contributed by atoms with Crippen LogP contribution in [0, 0.1) is 5.92 Å². The van der Waals surface area contributed by atoms with Gasteiger partial charge in [-0.1, -0.05) is 26.3 Å². The molecule has 2 N–H and O–H groups in total. The Morgan fingerprint density at radius 2 is 2.12 bits per heavy atom. The first kappa shape index (κ1) is 15.1. The van der Waals surface area contributed by atoms with E-state index < -0.39 is 22.0 Å². The molecule has 0 saturated heterocycles. The molecular weight excluding hydrogens is 230 g/mol. The van der Waals surface area contributed by atoms with Crippen LogP contribution in [-0.2, 0) is 14.8 Å². The van der Waals surface area contributed by atoms with E-state index >= 15 is 0 Å². The van der Waals surface area contributed by atoms with E-state index in [0.717, 1.165) is 0 Å². The molecule has 0 radical (unpaired) electrons. The number of sulfonamides is 1. The van der Waals surface area contributed by atoms with Crippen molar-refractivity contribution in [2.24, 2.45) is 5.92 Å². The number of rotatable bonds is 8. The summed E-state index contributed by atoms with van der Waals surface area (Å²) in [6.45, 7) is 6.94. The fraction of sp³-hybridized carbons (Fsp3) is 0.700. The maximum atomic E-state index is 11.5. The van der Waals surface area contributed by atoms with Gasteiger partial charge in [-0.15, -0.1) is 6.58 Å². The summed E-state index contributed by atoms with van der Waals surface area (Å²) in [4.78, 5) is 10.9. The Morgan fingerprint density at radius 3 is 2.50 bits per heavy atom. The molecule has 5 nitrogen and oxygen atoms in total. The number of carboxylic acids is 1. The van der Waals surface area contributed by atoms with Gasteiger partial charge in [-0.25, -0.2) is 13.1 Å². The lowest BCUT2D eigenvalue weighted by Crippen LogP contribution is -2.45. The third kappa shape index (κ3) is 5.27. The zero-order valence-electron chi connectivity index (χ0n) is 9.64. The number of hydrogen-bond donors (Lipinski definition) is 2. The van der Waals surface area contributed by atoms with E-state index in [1.54, 1.807) is 6.92 Å². The predicted molar refractivity (Wildman–Crippen MR) is 62.6 cm³/mol. The first-order chi connectivity index (χ1) is 7.34. The van der Waals surface area contributed by atoms with Crippen molar-refractivity contribution in [2.45, 2.75) is 32.7 Å². The highest BCUT2D eigenvalue weighted by atomic mass is 32.2. The second kappa shape index (κ2) is 6.65. The van der Waals surface area contributed by atoms with E-state index in [9.17, 15) is 13.2 Å². The van der Waals surface area contributed by atoms with Gasteiger partial charge in [-0.05, 0) is 12.3 Å². The molecule has 0 aromatic heterocycles. The van der Waals surface area contributed by atoms with E-state index in [1.165, 1.54) is 6.08 Å². The van der Waals surface area contributed by atoms with Crippen LogP contribution in [0.5, 0.6) is 0 Å². The normalized spacial score (nSPS) is 15.4. The van der Waals surface area contributed by atoms with E-state index in [2.05, 4.69) is 11.3 Å². The Bertz CT molecular complexity index is 337. The summed E-state index contributed by atoms with van der Waals surface area (Å²) < 4.78 is 25.2. The molecule has 94 valence electrons. The van der Waals surface area contributed by atoms with E-state index in [1.807, 2.05) is 6.92 Å². The summed E-state index contributed by atoms with van der Waals surface area (Å²) in [6.07, 6.45) is 2.39. The van der Waals surface area contributed by atoms with Crippen LogP contribution in [0.2, 0.25) is 0 Å². The lowest BCUT2D eigenvalue weighted by atomic mass is 10.0. The first-order valence-electron chi connectivity index (χ1n) is 5.17. The minimum atomic E-state index is -3.55. The van der Waals surface area contributed by atoms with Crippen LogP contribution < -0.4 is 4.72 Å². The Hall–Kier alpha value is -0.880. The molecule has 0 aromatic rings. The summed E-state index contributed by atoms with van der Waals surface area (Å²) in [7, 11) is -3.55. The topological polar surface area (TPSA) is 83.5 Å². The maximum Gasteiger partial charge on any atom is 0.322 e. The van der Waals surface area contributed by atoms with E-state index in [-0.39, 0.29) is 11.7 Å². The zero-order valence-corrected chi connectivity index (χ0v) is 10.5. The second-order valence-electron chi connectivity index (χ2n) is 3.72. The largest absolute Gasteiger partial charge is 0.480 e. The van der Waals surface area contributed by atoms with Crippen molar-refractivity contribution in [2.75, 3.05) is 5.75 Å². The molecule has 0 amide bonds. The van der Waals surface area contributed by atoms with Crippen LogP contribution in [0.1, 0.15) is 26.7 Å². The number of hydrogen-bond acceptors (Lipinski definition) is 3. The molecule has 0 unspecified atom stereocenters. The van der Waals surface area contributed by atoms with Gasteiger partial charge in [0.15, 0.2) is 0 Å². The van der Waals surface area contributed by atoms with Gasteiger partial charge in [0, 0.05) is 0 Å². The summed E-state index contributed by atoms with van der Waals surface area (Å²) in [6, 6.07) is -1.06. The minimum Gasteiger partial charge on any atom is -0.480 e. The summed E-state index contributed by atoms with van der Waals surface area (Å²) >= 11 is 0. The van der Waals surface area contributed by atoms with Crippen molar-refractivity contribution in [3.8, 4) is 0 Å². The van der Waals surface area contributed by atoms with Gasteiger partial charge in [0.1, 0.15) is 6.04 Å². The van der Waals surface area contributed by atoms with E-state index in [4.69, 9.17) is 5.11 Å². The highest BCUT2D eigenvalue weighted by Gasteiger charge is 2.27. The molecule has 0 aliphatic carbocycles. The molecule has 0 fully saturated rings. The molecule has 0 heterocycles. The van der Waals surface area contributed by atoms with Crippen molar-refractivity contribution < 1.29 is 18.3 Å². The van der Waals surface area contributed by atoms with Gasteiger partial charge in [0.05, 0.1) is 5.75 Å².